The lowest BCUT2D eigenvalue weighted by atomic mass is 10.0. The maximum Gasteiger partial charge on any atom is 0.323 e. The minimum atomic E-state index is -0.434. The molecule has 1 N–H and O–H groups in total. The van der Waals surface area contributed by atoms with Crippen molar-refractivity contribution in [3.8, 4) is 0 Å². The number of fused-ring (bicyclic) bond motifs is 1. The van der Waals surface area contributed by atoms with Crippen LogP contribution in [0.5, 0.6) is 0 Å². The van der Waals surface area contributed by atoms with Crippen molar-refractivity contribution in [1.82, 2.24) is 5.32 Å². The SMILES string of the molecule is C=CCOC(=O)C(Cc1ccccc1)NCC1=CC2CC2(OCCCCC(=O)OCCC(=C)C)C=C1. The Morgan fingerprint density at radius 3 is 2.69 bits per heavy atom. The molecule has 3 atom stereocenters. The molecule has 3 rings (SSSR count). The van der Waals surface area contributed by atoms with Gasteiger partial charge in [-0.25, -0.2) is 0 Å². The van der Waals surface area contributed by atoms with Crippen LogP contribution in [0, 0.1) is 5.92 Å². The Bertz CT molecular complexity index is 967. The molecule has 0 aliphatic heterocycles. The molecular formula is C30H39NO5. The van der Waals surface area contributed by atoms with Gasteiger partial charge in [0.15, 0.2) is 0 Å². The Balaban J connectivity index is 1.38. The lowest BCUT2D eigenvalue weighted by Gasteiger charge is -2.20. The van der Waals surface area contributed by atoms with Crippen molar-refractivity contribution in [2.24, 2.45) is 5.92 Å². The average molecular weight is 494 g/mol. The van der Waals surface area contributed by atoms with Gasteiger partial charge in [-0.05, 0) is 43.7 Å². The van der Waals surface area contributed by atoms with Crippen LogP contribution in [0.25, 0.3) is 0 Å². The summed E-state index contributed by atoms with van der Waals surface area (Å²) in [6.07, 6.45) is 12.3. The highest BCUT2D eigenvalue weighted by Gasteiger charge is 2.53. The van der Waals surface area contributed by atoms with E-state index in [4.69, 9.17) is 14.2 Å². The van der Waals surface area contributed by atoms with E-state index in [0.29, 0.717) is 44.9 Å². The van der Waals surface area contributed by atoms with Crippen LogP contribution in [0.4, 0.5) is 0 Å². The summed E-state index contributed by atoms with van der Waals surface area (Å²) in [6.45, 7) is 11.2. The number of ether oxygens (including phenoxy) is 3. The van der Waals surface area contributed by atoms with Crippen LogP contribution < -0.4 is 5.32 Å². The Kier molecular flexibility index (Phi) is 10.7. The lowest BCUT2D eigenvalue weighted by Crippen LogP contribution is -2.41. The quantitative estimate of drug-likeness (QED) is 0.190. The van der Waals surface area contributed by atoms with Crippen molar-refractivity contribution in [1.29, 1.82) is 0 Å². The zero-order valence-electron chi connectivity index (χ0n) is 21.4. The monoisotopic (exact) mass is 493 g/mol. The molecule has 0 amide bonds. The molecular weight excluding hydrogens is 454 g/mol. The van der Waals surface area contributed by atoms with E-state index in [1.807, 2.05) is 37.3 Å². The first-order valence-corrected chi connectivity index (χ1v) is 12.8. The standard InChI is InChI=1S/C30H39NO5/c1-4-16-35-29(33)27(20-24-10-6-5-7-11-24)31-22-25-13-15-30(21-26(30)19-25)36-17-9-8-12-28(32)34-18-14-23(2)3/h4-7,10-11,13,15,19,26-27,31H,1-2,8-9,12,14,16-18,20-22H2,3H3. The van der Waals surface area contributed by atoms with Crippen LogP contribution in [0.2, 0.25) is 0 Å². The summed E-state index contributed by atoms with van der Waals surface area (Å²) < 4.78 is 16.7. The van der Waals surface area contributed by atoms with Crippen molar-refractivity contribution < 1.29 is 23.8 Å². The van der Waals surface area contributed by atoms with Gasteiger partial charge in [0.1, 0.15) is 12.6 Å². The Morgan fingerprint density at radius 1 is 1.17 bits per heavy atom. The summed E-state index contributed by atoms with van der Waals surface area (Å²) in [5.41, 5.74) is 3.02. The molecule has 1 saturated carbocycles. The van der Waals surface area contributed by atoms with Gasteiger partial charge in [-0.2, -0.15) is 0 Å². The normalized spacial score (nSPS) is 20.6. The zero-order chi connectivity index (χ0) is 25.8. The maximum absolute atomic E-state index is 12.6. The van der Waals surface area contributed by atoms with Gasteiger partial charge in [0.2, 0.25) is 0 Å². The number of carbonyl (C=O) groups is 2. The molecule has 6 nitrogen and oxygen atoms in total. The van der Waals surface area contributed by atoms with Gasteiger partial charge >= 0.3 is 11.9 Å². The van der Waals surface area contributed by atoms with Crippen LogP contribution in [0.3, 0.4) is 0 Å². The van der Waals surface area contributed by atoms with E-state index in [0.717, 1.165) is 36.0 Å². The van der Waals surface area contributed by atoms with E-state index < -0.39 is 6.04 Å². The van der Waals surface area contributed by atoms with E-state index in [1.54, 1.807) is 6.08 Å². The number of hydrogen-bond acceptors (Lipinski definition) is 6. The second kappa shape index (κ2) is 14.0. The number of carbonyl (C=O) groups excluding carboxylic acids is 2. The molecule has 0 spiro atoms. The fourth-order valence-electron chi connectivity index (χ4n) is 4.19. The molecule has 0 aromatic heterocycles. The van der Waals surface area contributed by atoms with Crippen molar-refractivity contribution >= 4 is 11.9 Å². The van der Waals surface area contributed by atoms with Crippen LogP contribution in [-0.4, -0.2) is 49.9 Å². The van der Waals surface area contributed by atoms with Gasteiger partial charge in [0.05, 0.1) is 12.2 Å². The smallest absolute Gasteiger partial charge is 0.323 e. The average Bonchev–Trinajstić information content (AvgIpc) is 3.58. The van der Waals surface area contributed by atoms with Crippen molar-refractivity contribution in [2.45, 2.75) is 57.1 Å². The molecule has 1 aromatic rings. The number of esters is 2. The summed E-state index contributed by atoms with van der Waals surface area (Å²) in [6, 6.07) is 9.49. The fourth-order valence-corrected chi connectivity index (χ4v) is 4.19. The summed E-state index contributed by atoms with van der Waals surface area (Å²) in [7, 11) is 0. The molecule has 1 fully saturated rings. The zero-order valence-corrected chi connectivity index (χ0v) is 21.4. The number of benzene rings is 1. The molecule has 3 unspecified atom stereocenters. The van der Waals surface area contributed by atoms with E-state index in [-0.39, 0.29) is 24.1 Å². The Morgan fingerprint density at radius 2 is 1.97 bits per heavy atom. The molecule has 2 aliphatic rings. The van der Waals surface area contributed by atoms with Crippen LogP contribution >= 0.6 is 0 Å². The van der Waals surface area contributed by atoms with Crippen LogP contribution in [0.1, 0.15) is 44.6 Å². The van der Waals surface area contributed by atoms with Crippen LogP contribution in [0.15, 0.2) is 78.9 Å². The predicted molar refractivity (Wildman–Crippen MR) is 141 cm³/mol. The fraction of sp³-hybridized carbons (Fsp3) is 0.467. The predicted octanol–water partition coefficient (Wildman–Crippen LogP) is 4.87. The third kappa shape index (κ3) is 8.92. The van der Waals surface area contributed by atoms with Crippen molar-refractivity contribution in [3.63, 3.8) is 0 Å². The third-order valence-corrected chi connectivity index (χ3v) is 6.40. The second-order valence-electron chi connectivity index (χ2n) is 9.62. The molecule has 6 heteroatoms. The van der Waals surface area contributed by atoms with Crippen molar-refractivity contribution in [3.05, 3.63) is 84.5 Å². The molecule has 36 heavy (non-hydrogen) atoms. The third-order valence-electron chi connectivity index (χ3n) is 6.40. The van der Waals surface area contributed by atoms with E-state index in [2.05, 4.69) is 36.7 Å². The maximum atomic E-state index is 12.6. The summed E-state index contributed by atoms with van der Waals surface area (Å²) >= 11 is 0. The van der Waals surface area contributed by atoms with Gasteiger partial charge in [-0.1, -0.05) is 66.8 Å². The highest BCUT2D eigenvalue weighted by molar-refractivity contribution is 5.76. The molecule has 1 aromatic carbocycles. The lowest BCUT2D eigenvalue weighted by molar-refractivity contribution is -0.145. The van der Waals surface area contributed by atoms with Gasteiger partial charge in [-0.15, -0.1) is 6.58 Å². The number of hydrogen-bond donors (Lipinski definition) is 1. The minimum Gasteiger partial charge on any atom is -0.465 e. The largest absolute Gasteiger partial charge is 0.465 e. The van der Waals surface area contributed by atoms with Gasteiger partial charge < -0.3 is 19.5 Å². The van der Waals surface area contributed by atoms with E-state index in [9.17, 15) is 9.59 Å². The Labute approximate surface area is 215 Å². The first-order valence-electron chi connectivity index (χ1n) is 12.8. The topological polar surface area (TPSA) is 73.9 Å². The first kappa shape index (κ1) is 27.6. The summed E-state index contributed by atoms with van der Waals surface area (Å²) in [4.78, 5) is 24.3. The molecule has 0 radical (unpaired) electrons. The molecule has 0 heterocycles. The van der Waals surface area contributed by atoms with Crippen molar-refractivity contribution in [2.75, 3.05) is 26.4 Å². The molecule has 194 valence electrons. The molecule has 0 saturated heterocycles. The van der Waals surface area contributed by atoms with Gasteiger partial charge in [0, 0.05) is 31.9 Å². The summed E-state index contributed by atoms with van der Waals surface area (Å²) in [5, 5.41) is 3.37. The highest BCUT2D eigenvalue weighted by Crippen LogP contribution is 2.51. The van der Waals surface area contributed by atoms with Gasteiger partial charge in [-0.3, -0.25) is 9.59 Å². The first-order chi connectivity index (χ1) is 17.4. The number of unbranched alkanes of at least 4 members (excludes halogenated alkanes) is 1. The van der Waals surface area contributed by atoms with E-state index >= 15 is 0 Å². The Hall–Kier alpha value is -2.96. The number of rotatable bonds is 17. The van der Waals surface area contributed by atoms with Gasteiger partial charge in [0.25, 0.3) is 0 Å². The number of nitrogens with one attached hydrogen (secondary N) is 1. The van der Waals surface area contributed by atoms with E-state index in [1.165, 1.54) is 0 Å². The molecule has 0 bridgehead atoms. The highest BCUT2D eigenvalue weighted by atomic mass is 16.5. The molecule has 2 aliphatic carbocycles. The summed E-state index contributed by atoms with van der Waals surface area (Å²) in [5.74, 6) is -0.0788. The minimum absolute atomic E-state index is 0.157. The van der Waals surface area contributed by atoms with Crippen LogP contribution in [-0.2, 0) is 30.2 Å². The second-order valence-corrected chi connectivity index (χ2v) is 9.62.